The minimum atomic E-state index is 0.248. The SMILES string of the molecule is CN(C)CC1CCCN1C(C)(CN)CC1CC1. The van der Waals surface area contributed by atoms with Crippen LogP contribution in [-0.4, -0.2) is 55.1 Å². The fourth-order valence-electron chi connectivity index (χ4n) is 3.42. The number of likely N-dealkylation sites (tertiary alicyclic amines) is 1. The third-order valence-corrected chi connectivity index (χ3v) is 4.51. The standard InChI is InChI=1S/C14H29N3/c1-14(11-15,9-12-6-7-12)17-8-4-5-13(17)10-16(2)3/h12-13H,4-11,15H2,1-3H3. The van der Waals surface area contributed by atoms with E-state index in [9.17, 15) is 0 Å². The van der Waals surface area contributed by atoms with E-state index in [0.717, 1.165) is 18.5 Å². The van der Waals surface area contributed by atoms with Crippen molar-refractivity contribution in [3.05, 3.63) is 0 Å². The zero-order valence-electron chi connectivity index (χ0n) is 11.8. The Labute approximate surface area is 106 Å². The maximum absolute atomic E-state index is 6.10. The largest absolute Gasteiger partial charge is 0.329 e. The molecular formula is C14H29N3. The molecule has 1 aliphatic heterocycles. The zero-order chi connectivity index (χ0) is 12.5. The first kappa shape index (κ1) is 13.3. The van der Waals surface area contributed by atoms with Crippen molar-refractivity contribution in [1.29, 1.82) is 0 Å². The van der Waals surface area contributed by atoms with Crippen LogP contribution in [0, 0.1) is 5.92 Å². The molecule has 2 unspecified atom stereocenters. The predicted molar refractivity (Wildman–Crippen MR) is 73.1 cm³/mol. The van der Waals surface area contributed by atoms with Gasteiger partial charge in [0.25, 0.3) is 0 Å². The van der Waals surface area contributed by atoms with Gasteiger partial charge in [0.15, 0.2) is 0 Å². The molecule has 3 heteroatoms. The van der Waals surface area contributed by atoms with Crippen molar-refractivity contribution in [3.63, 3.8) is 0 Å². The molecule has 2 N–H and O–H groups in total. The van der Waals surface area contributed by atoms with Gasteiger partial charge in [-0.25, -0.2) is 0 Å². The lowest BCUT2D eigenvalue weighted by Gasteiger charge is -2.43. The van der Waals surface area contributed by atoms with Crippen LogP contribution in [0.15, 0.2) is 0 Å². The van der Waals surface area contributed by atoms with Crippen LogP contribution in [0.3, 0.4) is 0 Å². The fraction of sp³-hybridized carbons (Fsp3) is 1.00. The van der Waals surface area contributed by atoms with Gasteiger partial charge in [-0.05, 0) is 52.7 Å². The summed E-state index contributed by atoms with van der Waals surface area (Å²) in [5, 5.41) is 0. The zero-order valence-corrected chi connectivity index (χ0v) is 11.8. The Balaban J connectivity index is 2.00. The van der Waals surface area contributed by atoms with Gasteiger partial charge in [-0.15, -0.1) is 0 Å². The van der Waals surface area contributed by atoms with Gasteiger partial charge >= 0.3 is 0 Å². The number of nitrogens with zero attached hydrogens (tertiary/aromatic N) is 2. The number of hydrogen-bond donors (Lipinski definition) is 1. The third kappa shape index (κ3) is 3.21. The maximum Gasteiger partial charge on any atom is 0.0309 e. The Morgan fingerprint density at radius 2 is 2.00 bits per heavy atom. The van der Waals surface area contributed by atoms with Gasteiger partial charge in [0.2, 0.25) is 0 Å². The van der Waals surface area contributed by atoms with Crippen LogP contribution in [0.25, 0.3) is 0 Å². The molecular weight excluding hydrogens is 210 g/mol. The van der Waals surface area contributed by atoms with Crippen LogP contribution in [-0.2, 0) is 0 Å². The molecule has 0 radical (unpaired) electrons. The molecule has 1 saturated carbocycles. The summed E-state index contributed by atoms with van der Waals surface area (Å²) in [5.41, 5.74) is 6.35. The number of rotatable bonds is 6. The highest BCUT2D eigenvalue weighted by atomic mass is 15.3. The Hall–Kier alpha value is -0.120. The van der Waals surface area contributed by atoms with Crippen molar-refractivity contribution in [1.82, 2.24) is 9.80 Å². The first-order valence-electron chi connectivity index (χ1n) is 7.17. The lowest BCUT2D eigenvalue weighted by molar-refractivity contribution is 0.0699. The summed E-state index contributed by atoms with van der Waals surface area (Å²) in [7, 11) is 4.36. The quantitative estimate of drug-likeness (QED) is 0.763. The van der Waals surface area contributed by atoms with Crippen molar-refractivity contribution in [2.75, 3.05) is 33.7 Å². The summed E-state index contributed by atoms with van der Waals surface area (Å²) < 4.78 is 0. The lowest BCUT2D eigenvalue weighted by Crippen LogP contribution is -2.55. The Bertz CT molecular complexity index is 250. The normalized spacial score (nSPS) is 29.8. The molecule has 2 aliphatic rings. The summed E-state index contributed by atoms with van der Waals surface area (Å²) in [6, 6.07) is 0.720. The molecule has 1 saturated heterocycles. The Kier molecular flexibility index (Phi) is 4.11. The van der Waals surface area contributed by atoms with Crippen LogP contribution < -0.4 is 5.73 Å². The molecule has 100 valence electrons. The second-order valence-corrected chi connectivity index (χ2v) is 6.60. The number of nitrogens with two attached hydrogens (primary N) is 1. The van der Waals surface area contributed by atoms with Crippen molar-refractivity contribution >= 4 is 0 Å². The van der Waals surface area contributed by atoms with E-state index in [4.69, 9.17) is 5.73 Å². The molecule has 0 bridgehead atoms. The van der Waals surface area contributed by atoms with E-state index in [0.29, 0.717) is 0 Å². The first-order valence-corrected chi connectivity index (χ1v) is 7.17. The van der Waals surface area contributed by atoms with E-state index in [2.05, 4.69) is 30.8 Å². The minimum absolute atomic E-state index is 0.248. The highest BCUT2D eigenvalue weighted by molar-refractivity contribution is 4.98. The lowest BCUT2D eigenvalue weighted by atomic mass is 9.91. The van der Waals surface area contributed by atoms with Gasteiger partial charge in [0.05, 0.1) is 0 Å². The molecule has 0 aromatic rings. The summed E-state index contributed by atoms with van der Waals surface area (Å²) >= 11 is 0. The highest BCUT2D eigenvalue weighted by Gasteiger charge is 2.41. The Morgan fingerprint density at radius 1 is 1.29 bits per heavy atom. The van der Waals surface area contributed by atoms with E-state index in [1.807, 2.05) is 0 Å². The fourth-order valence-corrected chi connectivity index (χ4v) is 3.42. The molecule has 0 amide bonds. The Morgan fingerprint density at radius 3 is 2.53 bits per heavy atom. The van der Waals surface area contributed by atoms with Crippen LogP contribution in [0.4, 0.5) is 0 Å². The molecule has 0 aromatic carbocycles. The molecule has 1 heterocycles. The third-order valence-electron chi connectivity index (χ3n) is 4.51. The molecule has 2 fully saturated rings. The van der Waals surface area contributed by atoms with Gasteiger partial charge in [0, 0.05) is 24.7 Å². The smallest absolute Gasteiger partial charge is 0.0309 e. The van der Waals surface area contributed by atoms with E-state index in [1.54, 1.807) is 0 Å². The average molecular weight is 239 g/mol. The molecule has 17 heavy (non-hydrogen) atoms. The van der Waals surface area contributed by atoms with E-state index in [1.165, 1.54) is 45.2 Å². The molecule has 3 nitrogen and oxygen atoms in total. The second-order valence-electron chi connectivity index (χ2n) is 6.60. The van der Waals surface area contributed by atoms with Crippen LogP contribution >= 0.6 is 0 Å². The summed E-state index contributed by atoms with van der Waals surface area (Å²) in [5.74, 6) is 0.962. The van der Waals surface area contributed by atoms with Crippen molar-refractivity contribution in [3.8, 4) is 0 Å². The van der Waals surface area contributed by atoms with Gasteiger partial charge in [-0.2, -0.15) is 0 Å². The van der Waals surface area contributed by atoms with E-state index in [-0.39, 0.29) is 5.54 Å². The maximum atomic E-state index is 6.10. The van der Waals surface area contributed by atoms with Crippen molar-refractivity contribution in [2.24, 2.45) is 11.7 Å². The van der Waals surface area contributed by atoms with Crippen molar-refractivity contribution in [2.45, 2.75) is 50.6 Å². The summed E-state index contributed by atoms with van der Waals surface area (Å²) in [6.45, 7) is 5.63. The van der Waals surface area contributed by atoms with Gasteiger partial charge in [0.1, 0.15) is 0 Å². The average Bonchev–Trinajstić information content (AvgIpc) is 2.94. The molecule has 2 rings (SSSR count). The van der Waals surface area contributed by atoms with Gasteiger partial charge < -0.3 is 10.6 Å². The van der Waals surface area contributed by atoms with Crippen LogP contribution in [0.2, 0.25) is 0 Å². The molecule has 0 aromatic heterocycles. The summed E-state index contributed by atoms with van der Waals surface area (Å²) in [4.78, 5) is 5.03. The number of likely N-dealkylation sites (N-methyl/N-ethyl adjacent to an activating group) is 1. The van der Waals surface area contributed by atoms with Gasteiger partial charge in [-0.3, -0.25) is 4.90 Å². The second kappa shape index (κ2) is 5.25. The van der Waals surface area contributed by atoms with Crippen LogP contribution in [0.1, 0.15) is 39.0 Å². The molecule has 2 atom stereocenters. The van der Waals surface area contributed by atoms with Crippen molar-refractivity contribution < 1.29 is 0 Å². The minimum Gasteiger partial charge on any atom is -0.329 e. The summed E-state index contributed by atoms with van der Waals surface area (Å²) in [6.07, 6.45) is 6.87. The monoisotopic (exact) mass is 239 g/mol. The topological polar surface area (TPSA) is 32.5 Å². The predicted octanol–water partition coefficient (Wildman–Crippen LogP) is 1.53. The van der Waals surface area contributed by atoms with E-state index < -0.39 is 0 Å². The molecule has 1 aliphatic carbocycles. The van der Waals surface area contributed by atoms with Gasteiger partial charge in [-0.1, -0.05) is 12.8 Å². The molecule has 0 spiro atoms. The first-order chi connectivity index (χ1) is 8.05. The van der Waals surface area contributed by atoms with Crippen LogP contribution in [0.5, 0.6) is 0 Å². The number of hydrogen-bond acceptors (Lipinski definition) is 3. The highest BCUT2D eigenvalue weighted by Crippen LogP contribution is 2.40. The van der Waals surface area contributed by atoms with E-state index >= 15 is 0 Å².